The summed E-state index contributed by atoms with van der Waals surface area (Å²) in [6, 6.07) is 8.49. The minimum Gasteiger partial charge on any atom is -0.488 e. The summed E-state index contributed by atoms with van der Waals surface area (Å²) < 4.78 is 5.88. The zero-order chi connectivity index (χ0) is 11.5. The lowest BCUT2D eigenvalue weighted by Crippen LogP contribution is -2.38. The molecule has 2 unspecified atom stereocenters. The maximum atomic E-state index is 5.88. The number of fused-ring (bicyclic) bond motifs is 1. The van der Waals surface area contributed by atoms with Crippen LogP contribution in [0.25, 0.3) is 0 Å². The number of ether oxygens (including phenoxy) is 1. The zero-order valence-corrected chi connectivity index (χ0v) is 10.0. The first-order valence-electron chi connectivity index (χ1n) is 5.84. The maximum Gasteiger partial charge on any atom is 0.123 e. The van der Waals surface area contributed by atoms with E-state index < -0.39 is 0 Å². The minimum absolute atomic E-state index is 0.216. The topological polar surface area (TPSA) is 38.5 Å². The van der Waals surface area contributed by atoms with Crippen LogP contribution in [-0.4, -0.2) is 37.2 Å². The predicted molar refractivity (Wildman–Crippen MR) is 65.7 cm³/mol. The molecule has 0 aromatic heterocycles. The van der Waals surface area contributed by atoms with Gasteiger partial charge in [0.25, 0.3) is 0 Å². The molecule has 1 aliphatic rings. The van der Waals surface area contributed by atoms with E-state index in [4.69, 9.17) is 10.5 Å². The Hall–Kier alpha value is -1.06. The Kier molecular flexibility index (Phi) is 3.46. The van der Waals surface area contributed by atoms with Gasteiger partial charge >= 0.3 is 0 Å². The summed E-state index contributed by atoms with van der Waals surface area (Å²) in [6.45, 7) is 3.88. The number of nitrogens with zero attached hydrogens (tertiary/aromatic N) is 1. The smallest absolute Gasteiger partial charge is 0.123 e. The van der Waals surface area contributed by atoms with Gasteiger partial charge in [0.05, 0.1) is 0 Å². The highest BCUT2D eigenvalue weighted by atomic mass is 16.5. The number of hydrogen-bond donors (Lipinski definition) is 1. The zero-order valence-electron chi connectivity index (χ0n) is 10.0. The Bertz CT molecular complexity index is 327. The summed E-state index contributed by atoms with van der Waals surface area (Å²) in [5.74, 6) is 1.04. The quantitative estimate of drug-likeness (QED) is 0.830. The fraction of sp³-hybridized carbons (Fsp3) is 0.538. The molecule has 1 heterocycles. The second-order valence-electron chi connectivity index (χ2n) is 4.75. The van der Waals surface area contributed by atoms with Crippen LogP contribution in [0.4, 0.5) is 0 Å². The second kappa shape index (κ2) is 4.85. The van der Waals surface area contributed by atoms with Crippen LogP contribution in [0.15, 0.2) is 24.3 Å². The normalized spacial score (nSPS) is 20.6. The Balaban J connectivity index is 1.87. The van der Waals surface area contributed by atoms with E-state index in [-0.39, 0.29) is 12.1 Å². The van der Waals surface area contributed by atoms with Gasteiger partial charge < -0.3 is 15.4 Å². The van der Waals surface area contributed by atoms with Crippen molar-refractivity contribution in [3.05, 3.63) is 29.8 Å². The van der Waals surface area contributed by atoms with Crippen molar-refractivity contribution in [1.29, 1.82) is 0 Å². The average Bonchev–Trinajstić information content (AvgIpc) is 2.57. The van der Waals surface area contributed by atoms with Crippen LogP contribution < -0.4 is 10.5 Å². The summed E-state index contributed by atoms with van der Waals surface area (Å²) in [7, 11) is 2.09. The molecule has 0 spiro atoms. The third-order valence-corrected chi connectivity index (χ3v) is 2.83. The highest BCUT2D eigenvalue weighted by Gasteiger charge is 2.23. The Morgan fingerprint density at radius 2 is 2.25 bits per heavy atom. The number of hydrogen-bond acceptors (Lipinski definition) is 3. The number of benzene rings is 1. The Morgan fingerprint density at radius 1 is 1.50 bits per heavy atom. The van der Waals surface area contributed by atoms with Gasteiger partial charge in [-0.3, -0.25) is 0 Å². The Morgan fingerprint density at radius 3 is 2.94 bits per heavy atom. The molecule has 0 saturated carbocycles. The number of nitrogens with two attached hydrogens (primary N) is 1. The van der Waals surface area contributed by atoms with Crippen LogP contribution in [0.1, 0.15) is 12.5 Å². The molecule has 0 amide bonds. The molecule has 0 bridgehead atoms. The molecule has 1 aromatic carbocycles. The number of para-hydroxylation sites is 1. The molecular weight excluding hydrogens is 200 g/mol. The molecule has 0 radical (unpaired) electrons. The van der Waals surface area contributed by atoms with Crippen molar-refractivity contribution in [3.8, 4) is 5.75 Å². The van der Waals surface area contributed by atoms with Crippen molar-refractivity contribution in [3.63, 3.8) is 0 Å². The lowest BCUT2D eigenvalue weighted by Gasteiger charge is -2.22. The first-order valence-corrected chi connectivity index (χ1v) is 5.84. The van der Waals surface area contributed by atoms with Gasteiger partial charge in [-0.1, -0.05) is 18.2 Å². The monoisotopic (exact) mass is 220 g/mol. The largest absolute Gasteiger partial charge is 0.488 e. The van der Waals surface area contributed by atoms with E-state index in [9.17, 15) is 0 Å². The van der Waals surface area contributed by atoms with Gasteiger partial charge in [-0.05, 0) is 25.6 Å². The van der Waals surface area contributed by atoms with Crippen molar-refractivity contribution >= 4 is 0 Å². The number of rotatable bonds is 4. The lowest BCUT2D eigenvalue weighted by molar-refractivity contribution is 0.165. The summed E-state index contributed by atoms with van der Waals surface area (Å²) in [5.41, 5.74) is 7.09. The van der Waals surface area contributed by atoms with E-state index in [1.165, 1.54) is 5.56 Å². The summed E-state index contributed by atoms with van der Waals surface area (Å²) >= 11 is 0. The molecule has 2 N–H and O–H groups in total. The molecule has 2 atom stereocenters. The van der Waals surface area contributed by atoms with Gasteiger partial charge in [-0.25, -0.2) is 0 Å². The standard InChI is InChI=1S/C13H20N2O/c1-10(14)8-15(2)9-12-7-11-5-3-4-6-13(11)16-12/h3-6,10,12H,7-9,14H2,1-2H3. The molecule has 16 heavy (non-hydrogen) atoms. The van der Waals surface area contributed by atoms with E-state index in [2.05, 4.69) is 24.1 Å². The highest BCUT2D eigenvalue weighted by Crippen LogP contribution is 2.28. The van der Waals surface area contributed by atoms with Crippen LogP contribution in [0.2, 0.25) is 0 Å². The predicted octanol–water partition coefficient (Wildman–Crippen LogP) is 1.27. The third kappa shape index (κ3) is 2.74. The van der Waals surface area contributed by atoms with Crippen molar-refractivity contribution in [2.24, 2.45) is 5.73 Å². The molecule has 88 valence electrons. The molecule has 3 nitrogen and oxygen atoms in total. The van der Waals surface area contributed by atoms with Crippen molar-refractivity contribution in [2.45, 2.75) is 25.5 Å². The fourth-order valence-electron chi connectivity index (χ4n) is 2.27. The van der Waals surface area contributed by atoms with Crippen LogP contribution in [-0.2, 0) is 6.42 Å². The molecule has 0 saturated heterocycles. The van der Waals surface area contributed by atoms with Crippen LogP contribution in [0.3, 0.4) is 0 Å². The first-order chi connectivity index (χ1) is 7.65. The van der Waals surface area contributed by atoms with Gasteiger partial charge in [-0.2, -0.15) is 0 Å². The van der Waals surface area contributed by atoms with Crippen molar-refractivity contribution in [2.75, 3.05) is 20.1 Å². The van der Waals surface area contributed by atoms with Gasteiger partial charge in [0.15, 0.2) is 0 Å². The molecule has 0 aliphatic carbocycles. The van der Waals surface area contributed by atoms with E-state index in [0.29, 0.717) is 0 Å². The van der Waals surface area contributed by atoms with Crippen LogP contribution in [0, 0.1) is 0 Å². The second-order valence-corrected chi connectivity index (χ2v) is 4.75. The number of likely N-dealkylation sites (N-methyl/N-ethyl adjacent to an activating group) is 1. The minimum atomic E-state index is 0.216. The lowest BCUT2D eigenvalue weighted by atomic mass is 10.1. The molecule has 2 rings (SSSR count). The molecule has 3 heteroatoms. The molecule has 1 aliphatic heterocycles. The molecule has 0 fully saturated rings. The fourth-order valence-corrected chi connectivity index (χ4v) is 2.27. The van der Waals surface area contributed by atoms with E-state index in [1.807, 2.05) is 19.1 Å². The summed E-state index contributed by atoms with van der Waals surface area (Å²) in [6.07, 6.45) is 1.29. The average molecular weight is 220 g/mol. The van der Waals surface area contributed by atoms with Crippen LogP contribution >= 0.6 is 0 Å². The molecule has 1 aromatic rings. The van der Waals surface area contributed by atoms with E-state index in [0.717, 1.165) is 25.3 Å². The van der Waals surface area contributed by atoms with Gasteiger partial charge in [0, 0.05) is 25.6 Å². The van der Waals surface area contributed by atoms with E-state index >= 15 is 0 Å². The molecular formula is C13H20N2O. The highest BCUT2D eigenvalue weighted by molar-refractivity contribution is 5.37. The summed E-state index contributed by atoms with van der Waals surface area (Å²) in [5, 5.41) is 0. The van der Waals surface area contributed by atoms with Gasteiger partial charge in [0.1, 0.15) is 11.9 Å². The third-order valence-electron chi connectivity index (χ3n) is 2.83. The van der Waals surface area contributed by atoms with E-state index in [1.54, 1.807) is 0 Å². The van der Waals surface area contributed by atoms with Gasteiger partial charge in [-0.15, -0.1) is 0 Å². The first kappa shape index (κ1) is 11.4. The SMILES string of the molecule is CC(N)CN(C)CC1Cc2ccccc2O1. The van der Waals surface area contributed by atoms with Crippen molar-refractivity contribution < 1.29 is 4.74 Å². The van der Waals surface area contributed by atoms with Crippen molar-refractivity contribution in [1.82, 2.24) is 4.90 Å². The maximum absolute atomic E-state index is 5.88. The summed E-state index contributed by atoms with van der Waals surface area (Å²) in [4.78, 5) is 2.24. The Labute approximate surface area is 97.2 Å². The van der Waals surface area contributed by atoms with Gasteiger partial charge in [0.2, 0.25) is 0 Å². The van der Waals surface area contributed by atoms with Crippen LogP contribution in [0.5, 0.6) is 5.75 Å².